The molecule has 0 spiro atoms. The van der Waals surface area contributed by atoms with Crippen LogP contribution in [-0.4, -0.2) is 73.5 Å². The van der Waals surface area contributed by atoms with Crippen LogP contribution in [0.5, 0.6) is 0 Å². The molecule has 3 fully saturated rings. The van der Waals surface area contributed by atoms with Crippen molar-refractivity contribution in [2.75, 3.05) is 26.2 Å². The molecule has 6 N–H and O–H groups in total. The zero-order valence-corrected chi connectivity index (χ0v) is 19.7. The van der Waals surface area contributed by atoms with E-state index in [4.69, 9.17) is 0 Å². The molecule has 1 saturated heterocycles. The van der Waals surface area contributed by atoms with Crippen LogP contribution in [0.4, 0.5) is 0 Å². The van der Waals surface area contributed by atoms with Gasteiger partial charge in [-0.1, -0.05) is 13.3 Å². The fourth-order valence-corrected chi connectivity index (χ4v) is 6.54. The highest BCUT2D eigenvalue weighted by Gasteiger charge is 2.35. The molecule has 9 heteroatoms. The van der Waals surface area contributed by atoms with Crippen molar-refractivity contribution >= 4 is 23.2 Å². The molecule has 7 unspecified atom stereocenters. The van der Waals surface area contributed by atoms with E-state index >= 15 is 0 Å². The van der Waals surface area contributed by atoms with Crippen LogP contribution >= 0.6 is 11.8 Å². The Balaban J connectivity index is 1.18. The molecule has 4 rings (SSSR count). The number of amides is 1. The lowest BCUT2D eigenvalue weighted by Gasteiger charge is -2.40. The first-order valence-corrected chi connectivity index (χ1v) is 13.3. The topological polar surface area (TPSA) is 102 Å². The van der Waals surface area contributed by atoms with Gasteiger partial charge in [0.15, 0.2) is 0 Å². The lowest BCUT2D eigenvalue weighted by molar-refractivity contribution is -0.126. The predicted molar refractivity (Wildman–Crippen MR) is 128 cm³/mol. The molecule has 4 aliphatic rings. The number of carbonyl (C=O) groups excluding carboxylic acids is 1. The third-order valence-corrected chi connectivity index (χ3v) is 8.23. The second-order valence-corrected chi connectivity index (χ2v) is 10.5. The van der Waals surface area contributed by atoms with Crippen LogP contribution in [0.25, 0.3) is 0 Å². The smallest absolute Gasteiger partial charge is 0.223 e. The highest BCUT2D eigenvalue weighted by atomic mass is 32.2. The van der Waals surface area contributed by atoms with Gasteiger partial charge in [-0.15, -0.1) is 11.8 Å². The molecular weight excluding hydrogens is 410 g/mol. The fourth-order valence-electron chi connectivity index (χ4n) is 5.42. The summed E-state index contributed by atoms with van der Waals surface area (Å²) in [6, 6.07) is 1.51. The van der Waals surface area contributed by atoms with Crippen LogP contribution in [0, 0.1) is 5.92 Å². The van der Waals surface area contributed by atoms with E-state index in [1.807, 2.05) is 11.8 Å². The second-order valence-electron chi connectivity index (χ2n) is 9.44. The molecular formula is C22H41N7OS. The van der Waals surface area contributed by atoms with Gasteiger partial charge >= 0.3 is 0 Å². The summed E-state index contributed by atoms with van der Waals surface area (Å²) in [5.41, 5.74) is 2.06. The lowest BCUT2D eigenvalue weighted by Crippen LogP contribution is -2.67. The van der Waals surface area contributed by atoms with Crippen LogP contribution in [0.1, 0.15) is 58.3 Å². The summed E-state index contributed by atoms with van der Waals surface area (Å²) < 4.78 is 0. The molecule has 31 heavy (non-hydrogen) atoms. The van der Waals surface area contributed by atoms with Gasteiger partial charge in [-0.2, -0.15) is 0 Å². The number of carbonyl (C=O) groups is 1. The van der Waals surface area contributed by atoms with Gasteiger partial charge in [-0.05, 0) is 51.5 Å². The van der Waals surface area contributed by atoms with Crippen molar-refractivity contribution in [1.29, 1.82) is 0 Å². The Morgan fingerprint density at radius 1 is 1.10 bits per heavy atom. The Hall–Kier alpha value is -0.710. The van der Waals surface area contributed by atoms with E-state index < -0.39 is 0 Å². The maximum atomic E-state index is 12.5. The van der Waals surface area contributed by atoms with Gasteiger partial charge in [0, 0.05) is 42.9 Å². The van der Waals surface area contributed by atoms with Crippen molar-refractivity contribution in [2.45, 2.75) is 94.1 Å². The summed E-state index contributed by atoms with van der Waals surface area (Å²) in [5.74, 6) is 0.351. The number of hydrogen-bond donors (Lipinski definition) is 6. The number of hydrogen-bond acceptors (Lipinski definition) is 8. The van der Waals surface area contributed by atoms with Gasteiger partial charge in [0.25, 0.3) is 0 Å². The highest BCUT2D eigenvalue weighted by Crippen LogP contribution is 2.34. The Kier molecular flexibility index (Phi) is 9.04. The highest BCUT2D eigenvalue weighted by molar-refractivity contribution is 8.12. The third kappa shape index (κ3) is 6.88. The van der Waals surface area contributed by atoms with Gasteiger partial charge < -0.3 is 10.6 Å². The van der Waals surface area contributed by atoms with Gasteiger partial charge in [0.1, 0.15) is 6.29 Å². The fraction of sp³-hybridized carbons (Fsp3) is 0.909. The molecule has 0 aromatic carbocycles. The molecule has 2 saturated carbocycles. The lowest BCUT2D eigenvalue weighted by atomic mass is 9.85. The first kappa shape index (κ1) is 23.4. The van der Waals surface area contributed by atoms with Crippen LogP contribution in [0.3, 0.4) is 0 Å². The number of rotatable bonds is 9. The van der Waals surface area contributed by atoms with E-state index in [1.165, 1.54) is 19.3 Å². The number of likely N-dealkylation sites (N-methyl/N-ethyl adjacent to an activating group) is 1. The Morgan fingerprint density at radius 2 is 2.00 bits per heavy atom. The molecule has 1 amide bonds. The van der Waals surface area contributed by atoms with E-state index in [0.717, 1.165) is 51.7 Å². The maximum absolute atomic E-state index is 12.5. The van der Waals surface area contributed by atoms with Gasteiger partial charge in [-0.3, -0.25) is 31.1 Å². The van der Waals surface area contributed by atoms with Gasteiger partial charge in [0.2, 0.25) is 5.91 Å². The van der Waals surface area contributed by atoms with Crippen molar-refractivity contribution in [3.05, 3.63) is 0 Å². The van der Waals surface area contributed by atoms with Crippen LogP contribution in [0.2, 0.25) is 0 Å². The summed E-state index contributed by atoms with van der Waals surface area (Å²) >= 11 is 1.91. The average molecular weight is 452 g/mol. The molecule has 0 radical (unpaired) electrons. The molecule has 176 valence electrons. The minimum absolute atomic E-state index is 0.104. The van der Waals surface area contributed by atoms with Gasteiger partial charge in [-0.25, -0.2) is 0 Å². The van der Waals surface area contributed by atoms with Crippen molar-refractivity contribution in [3.63, 3.8) is 0 Å². The van der Waals surface area contributed by atoms with Crippen molar-refractivity contribution in [3.8, 4) is 0 Å². The Bertz CT molecular complexity index is 606. The molecule has 2 aliphatic carbocycles. The zero-order chi connectivity index (χ0) is 21.5. The summed E-state index contributed by atoms with van der Waals surface area (Å²) in [6.45, 7) is 5.58. The van der Waals surface area contributed by atoms with Crippen LogP contribution in [0.15, 0.2) is 4.99 Å². The number of aliphatic imine (C=N–C) groups is 1. The van der Waals surface area contributed by atoms with E-state index in [0.29, 0.717) is 36.1 Å². The van der Waals surface area contributed by atoms with Crippen LogP contribution < -0.4 is 31.9 Å². The van der Waals surface area contributed by atoms with E-state index in [2.05, 4.69) is 49.4 Å². The summed E-state index contributed by atoms with van der Waals surface area (Å²) in [4.78, 5) is 17.1. The minimum atomic E-state index is 0.104. The molecule has 0 bridgehead atoms. The standard InChI is InChI=1S/C22H41N7OS/c1-2-23-10-11-24-21(30)15-4-3-5-16(12-15)28-22-25-9-8-20(29-22)27-17-6-7-18-19(13-17)31-14-26-18/h14-20,22-23,25,27-29H,2-13H2,1H3,(H,24,30). The Morgan fingerprint density at radius 3 is 2.90 bits per heavy atom. The minimum Gasteiger partial charge on any atom is -0.355 e. The monoisotopic (exact) mass is 451 g/mol. The first-order chi connectivity index (χ1) is 15.2. The molecule has 2 aliphatic heterocycles. The van der Waals surface area contributed by atoms with Crippen LogP contribution in [-0.2, 0) is 4.79 Å². The predicted octanol–water partition coefficient (Wildman–Crippen LogP) is 0.708. The number of thioether (sulfide) groups is 1. The normalized spacial score (nSPS) is 38.0. The van der Waals surface area contributed by atoms with E-state index in [9.17, 15) is 4.79 Å². The van der Waals surface area contributed by atoms with E-state index in [1.54, 1.807) is 0 Å². The molecule has 0 aromatic heterocycles. The first-order valence-electron chi connectivity index (χ1n) is 12.4. The quantitative estimate of drug-likeness (QED) is 0.287. The Labute approximate surface area is 191 Å². The van der Waals surface area contributed by atoms with Gasteiger partial charge in [0.05, 0.1) is 17.8 Å². The van der Waals surface area contributed by atoms with Crippen molar-refractivity contribution in [2.24, 2.45) is 10.9 Å². The summed E-state index contributed by atoms with van der Waals surface area (Å²) in [7, 11) is 0. The second kappa shape index (κ2) is 12.0. The van der Waals surface area contributed by atoms with E-state index in [-0.39, 0.29) is 18.1 Å². The average Bonchev–Trinajstić information content (AvgIpc) is 3.25. The number of nitrogens with one attached hydrogen (secondary N) is 6. The maximum Gasteiger partial charge on any atom is 0.223 e. The summed E-state index contributed by atoms with van der Waals surface area (Å²) in [5, 5.41) is 21.9. The number of nitrogens with zero attached hydrogens (tertiary/aromatic N) is 1. The molecule has 8 nitrogen and oxygen atoms in total. The molecule has 7 atom stereocenters. The largest absolute Gasteiger partial charge is 0.355 e. The van der Waals surface area contributed by atoms with Crippen molar-refractivity contribution < 1.29 is 4.79 Å². The third-order valence-electron chi connectivity index (χ3n) is 7.13. The van der Waals surface area contributed by atoms with Crippen molar-refractivity contribution in [1.82, 2.24) is 31.9 Å². The SMILES string of the molecule is CCNCCNC(=O)C1CCCC(NC2NCCC(NC3CCC4N=CSC4C3)N2)C1. The number of fused-ring (bicyclic) bond motifs is 1. The summed E-state index contributed by atoms with van der Waals surface area (Å²) in [6.07, 6.45) is 9.35. The molecule has 0 aromatic rings. The zero-order valence-electron chi connectivity index (χ0n) is 18.9. The molecule has 2 heterocycles.